The van der Waals surface area contributed by atoms with Crippen LogP contribution in [0.3, 0.4) is 0 Å². The standard InChI is InChI=1S/C34H32ClF3O5/c35-29-16-13-26(18-27(29)17-23-11-14-28(15-12-23)43-34(36,37)38)30-19-31(40-21-24-7-3-1-4-8-24)33(32(20-39)42-30)41-22-25-9-5-2-6-10-25/h1-16,18,30-33,39H,17,19-22H2. The summed E-state index contributed by atoms with van der Waals surface area (Å²) in [6, 6.07) is 30.9. The van der Waals surface area contributed by atoms with Crippen molar-refractivity contribution < 1.29 is 37.2 Å². The molecule has 43 heavy (non-hydrogen) atoms. The van der Waals surface area contributed by atoms with Crippen molar-refractivity contribution in [1.82, 2.24) is 0 Å². The summed E-state index contributed by atoms with van der Waals surface area (Å²) in [7, 11) is 0. The molecule has 0 aliphatic carbocycles. The van der Waals surface area contributed by atoms with Crippen LogP contribution in [0.4, 0.5) is 13.2 Å². The Balaban J connectivity index is 1.34. The van der Waals surface area contributed by atoms with Crippen LogP contribution in [0.5, 0.6) is 5.75 Å². The molecule has 1 aliphatic heterocycles. The summed E-state index contributed by atoms with van der Waals surface area (Å²) in [4.78, 5) is 0. The zero-order chi connectivity index (χ0) is 30.2. The van der Waals surface area contributed by atoms with Gasteiger partial charge in [-0.2, -0.15) is 0 Å². The van der Waals surface area contributed by atoms with Gasteiger partial charge in [-0.1, -0.05) is 96.5 Å². The number of aliphatic hydroxyl groups excluding tert-OH is 1. The molecule has 1 aliphatic rings. The predicted molar refractivity (Wildman–Crippen MR) is 157 cm³/mol. The molecule has 0 saturated carbocycles. The van der Waals surface area contributed by atoms with E-state index in [4.69, 9.17) is 25.8 Å². The fourth-order valence-electron chi connectivity index (χ4n) is 5.17. The molecular formula is C34H32ClF3O5. The van der Waals surface area contributed by atoms with E-state index in [2.05, 4.69) is 4.74 Å². The maximum atomic E-state index is 12.5. The number of alkyl halides is 3. The Morgan fingerprint density at radius 3 is 2.02 bits per heavy atom. The first-order valence-electron chi connectivity index (χ1n) is 14.0. The molecule has 226 valence electrons. The number of hydrogen-bond donors (Lipinski definition) is 1. The molecule has 4 aromatic carbocycles. The Bertz CT molecular complexity index is 1430. The summed E-state index contributed by atoms with van der Waals surface area (Å²) in [6.07, 6.45) is -5.80. The van der Waals surface area contributed by atoms with Crippen molar-refractivity contribution >= 4 is 11.6 Å². The Hall–Kier alpha value is -3.40. The molecule has 4 aromatic rings. The summed E-state index contributed by atoms with van der Waals surface area (Å²) >= 11 is 6.53. The molecule has 5 nitrogen and oxygen atoms in total. The highest BCUT2D eigenvalue weighted by Gasteiger charge is 2.41. The lowest BCUT2D eigenvalue weighted by Crippen LogP contribution is -2.50. The summed E-state index contributed by atoms with van der Waals surface area (Å²) in [6.45, 7) is 0.467. The van der Waals surface area contributed by atoms with Crippen molar-refractivity contribution in [2.24, 2.45) is 0 Å². The quantitative estimate of drug-likeness (QED) is 0.187. The van der Waals surface area contributed by atoms with Gasteiger partial charge in [0.25, 0.3) is 0 Å². The lowest BCUT2D eigenvalue weighted by atomic mass is 9.92. The van der Waals surface area contributed by atoms with E-state index in [9.17, 15) is 18.3 Å². The predicted octanol–water partition coefficient (Wildman–Crippen LogP) is 7.82. The van der Waals surface area contributed by atoms with Crippen molar-refractivity contribution in [3.63, 3.8) is 0 Å². The molecule has 4 atom stereocenters. The summed E-state index contributed by atoms with van der Waals surface area (Å²) < 4.78 is 60.7. The van der Waals surface area contributed by atoms with E-state index in [1.54, 1.807) is 18.2 Å². The maximum Gasteiger partial charge on any atom is 0.573 e. The highest BCUT2D eigenvalue weighted by molar-refractivity contribution is 6.31. The minimum absolute atomic E-state index is 0.256. The maximum absolute atomic E-state index is 12.5. The van der Waals surface area contributed by atoms with Crippen LogP contribution < -0.4 is 4.74 Å². The van der Waals surface area contributed by atoms with E-state index in [-0.39, 0.29) is 18.5 Å². The molecule has 0 aromatic heterocycles. The summed E-state index contributed by atoms with van der Waals surface area (Å²) in [5.41, 5.74) is 4.43. The Morgan fingerprint density at radius 2 is 1.42 bits per heavy atom. The van der Waals surface area contributed by atoms with Crippen LogP contribution in [0.15, 0.2) is 103 Å². The van der Waals surface area contributed by atoms with Gasteiger partial charge in [-0.15, -0.1) is 13.2 Å². The summed E-state index contributed by atoms with van der Waals surface area (Å²) in [5.74, 6) is -0.285. The molecule has 5 rings (SSSR count). The lowest BCUT2D eigenvalue weighted by molar-refractivity contribution is -0.274. The molecule has 1 heterocycles. The van der Waals surface area contributed by atoms with Gasteiger partial charge in [-0.3, -0.25) is 0 Å². The van der Waals surface area contributed by atoms with Gasteiger partial charge in [0.15, 0.2) is 0 Å². The highest BCUT2D eigenvalue weighted by Crippen LogP contribution is 2.37. The Labute approximate surface area is 253 Å². The van der Waals surface area contributed by atoms with Crippen molar-refractivity contribution in [3.8, 4) is 5.75 Å². The normalized spacial score (nSPS) is 20.6. The van der Waals surface area contributed by atoms with Crippen LogP contribution in [0.25, 0.3) is 0 Å². The van der Waals surface area contributed by atoms with E-state index < -0.39 is 24.7 Å². The first-order chi connectivity index (χ1) is 20.8. The van der Waals surface area contributed by atoms with Crippen molar-refractivity contribution in [2.75, 3.05) is 6.61 Å². The smallest absolute Gasteiger partial charge is 0.406 e. The van der Waals surface area contributed by atoms with Crippen molar-refractivity contribution in [2.45, 2.75) is 56.8 Å². The topological polar surface area (TPSA) is 57.2 Å². The third-order valence-corrected chi connectivity index (χ3v) is 7.65. The zero-order valence-corrected chi connectivity index (χ0v) is 24.0. The number of halogens is 4. The molecule has 1 N–H and O–H groups in total. The fraction of sp³-hybridized carbons (Fsp3) is 0.294. The van der Waals surface area contributed by atoms with Crippen LogP contribution in [0, 0.1) is 0 Å². The minimum Gasteiger partial charge on any atom is -0.406 e. The van der Waals surface area contributed by atoms with Crippen LogP contribution >= 0.6 is 11.6 Å². The molecule has 1 saturated heterocycles. The van der Waals surface area contributed by atoms with E-state index in [0.717, 1.165) is 27.8 Å². The first-order valence-corrected chi connectivity index (χ1v) is 14.4. The lowest BCUT2D eigenvalue weighted by Gasteiger charge is -2.41. The van der Waals surface area contributed by atoms with Crippen LogP contribution in [0.2, 0.25) is 5.02 Å². The van der Waals surface area contributed by atoms with E-state index in [1.165, 1.54) is 12.1 Å². The molecule has 0 radical (unpaired) electrons. The zero-order valence-electron chi connectivity index (χ0n) is 23.3. The Morgan fingerprint density at radius 1 is 0.791 bits per heavy atom. The number of aliphatic hydroxyl groups is 1. The third-order valence-electron chi connectivity index (χ3n) is 7.28. The fourth-order valence-corrected chi connectivity index (χ4v) is 5.36. The molecule has 1 fully saturated rings. The second-order valence-electron chi connectivity index (χ2n) is 10.4. The SMILES string of the molecule is OCC1OC(c2ccc(Cl)c(Cc3ccc(OC(F)(F)F)cc3)c2)CC(OCc2ccccc2)C1OCc1ccccc1. The van der Waals surface area contributed by atoms with Gasteiger partial charge < -0.3 is 24.1 Å². The van der Waals surface area contributed by atoms with E-state index >= 15 is 0 Å². The second-order valence-corrected chi connectivity index (χ2v) is 10.8. The largest absolute Gasteiger partial charge is 0.573 e. The minimum atomic E-state index is -4.75. The molecule has 9 heteroatoms. The van der Waals surface area contributed by atoms with Crippen LogP contribution in [-0.2, 0) is 33.8 Å². The average molecular weight is 613 g/mol. The molecular weight excluding hydrogens is 581 g/mol. The number of rotatable bonds is 11. The average Bonchev–Trinajstić information content (AvgIpc) is 3.01. The van der Waals surface area contributed by atoms with Gasteiger partial charge in [0, 0.05) is 11.4 Å². The van der Waals surface area contributed by atoms with Gasteiger partial charge in [0.05, 0.1) is 32.0 Å². The number of benzene rings is 4. The van der Waals surface area contributed by atoms with E-state index in [1.807, 2.05) is 72.8 Å². The number of ether oxygens (including phenoxy) is 4. The van der Waals surface area contributed by atoms with Gasteiger partial charge in [-0.25, -0.2) is 0 Å². The van der Waals surface area contributed by atoms with Gasteiger partial charge in [0.1, 0.15) is 18.0 Å². The van der Waals surface area contributed by atoms with Gasteiger partial charge >= 0.3 is 6.36 Å². The van der Waals surface area contributed by atoms with Crippen molar-refractivity contribution in [1.29, 1.82) is 0 Å². The summed E-state index contributed by atoms with van der Waals surface area (Å²) in [5, 5.41) is 10.9. The van der Waals surface area contributed by atoms with Crippen LogP contribution in [0.1, 0.15) is 40.3 Å². The second kappa shape index (κ2) is 14.4. The van der Waals surface area contributed by atoms with E-state index in [0.29, 0.717) is 31.1 Å². The molecule has 0 amide bonds. The van der Waals surface area contributed by atoms with Gasteiger partial charge in [0.2, 0.25) is 0 Å². The first kappa shape index (κ1) is 31.0. The monoisotopic (exact) mass is 612 g/mol. The van der Waals surface area contributed by atoms with Crippen LogP contribution in [-0.4, -0.2) is 36.4 Å². The molecule has 0 spiro atoms. The number of hydrogen-bond acceptors (Lipinski definition) is 5. The molecule has 0 bridgehead atoms. The van der Waals surface area contributed by atoms with Crippen molar-refractivity contribution in [3.05, 3.63) is 136 Å². The molecule has 4 unspecified atom stereocenters. The van der Waals surface area contributed by atoms with Gasteiger partial charge in [-0.05, 0) is 52.4 Å². The highest BCUT2D eigenvalue weighted by atomic mass is 35.5. The third kappa shape index (κ3) is 8.81. The Kier molecular flexibility index (Phi) is 10.4.